The molecule has 0 bridgehead atoms. The Kier molecular flexibility index (Phi) is 5.43. The van der Waals surface area contributed by atoms with Crippen molar-refractivity contribution in [3.8, 4) is 5.69 Å². The molecular formula is C24H24F2N4O3S. The third kappa shape index (κ3) is 4.29. The third-order valence-corrected chi connectivity index (χ3v) is 7.46. The van der Waals surface area contributed by atoms with Gasteiger partial charge in [-0.2, -0.15) is 5.10 Å². The standard InChI is InChI=1S/C24H24F2N4O3S/c1-34(32,33)19-7-8-22(28-11-9-24(25,26)10-12-28)20(13-19)23(31)29-14-17-15-30(27-21(17)16-29)18-5-3-2-4-6-18/h2-8,13,15H,9-12,14,16H2,1H3. The fourth-order valence-electron chi connectivity index (χ4n) is 4.45. The van der Waals surface area contributed by atoms with E-state index >= 15 is 0 Å². The van der Waals surface area contributed by atoms with Crippen LogP contribution >= 0.6 is 0 Å². The molecule has 0 unspecified atom stereocenters. The summed E-state index contributed by atoms with van der Waals surface area (Å²) in [6.07, 6.45) is 2.35. The zero-order valence-electron chi connectivity index (χ0n) is 18.6. The van der Waals surface area contributed by atoms with Crippen molar-refractivity contribution in [3.05, 3.63) is 71.5 Å². The summed E-state index contributed by atoms with van der Waals surface area (Å²) in [5, 5.41) is 4.61. The van der Waals surface area contributed by atoms with E-state index in [4.69, 9.17) is 0 Å². The van der Waals surface area contributed by atoms with Crippen molar-refractivity contribution in [1.82, 2.24) is 14.7 Å². The van der Waals surface area contributed by atoms with Gasteiger partial charge in [0.15, 0.2) is 9.84 Å². The van der Waals surface area contributed by atoms with Crippen molar-refractivity contribution in [3.63, 3.8) is 0 Å². The van der Waals surface area contributed by atoms with E-state index in [2.05, 4.69) is 5.10 Å². The number of para-hydroxylation sites is 1. The van der Waals surface area contributed by atoms with E-state index in [9.17, 15) is 22.0 Å². The van der Waals surface area contributed by atoms with Gasteiger partial charge in [-0.1, -0.05) is 18.2 Å². The Balaban J connectivity index is 1.43. The quantitative estimate of drug-likeness (QED) is 0.563. The summed E-state index contributed by atoms with van der Waals surface area (Å²) in [5.74, 6) is -3.07. The molecule has 0 spiro atoms. The zero-order valence-corrected chi connectivity index (χ0v) is 19.4. The van der Waals surface area contributed by atoms with E-state index in [1.807, 2.05) is 36.5 Å². The maximum atomic E-state index is 13.7. The molecule has 34 heavy (non-hydrogen) atoms. The first-order valence-electron chi connectivity index (χ1n) is 11.0. The van der Waals surface area contributed by atoms with Gasteiger partial charge in [0.25, 0.3) is 11.8 Å². The van der Waals surface area contributed by atoms with Crippen LogP contribution in [0.3, 0.4) is 0 Å². The Hall–Kier alpha value is -3.27. The summed E-state index contributed by atoms with van der Waals surface area (Å²) >= 11 is 0. The van der Waals surface area contributed by atoms with Crippen LogP contribution in [0.15, 0.2) is 59.6 Å². The van der Waals surface area contributed by atoms with Gasteiger partial charge in [0.2, 0.25) is 0 Å². The molecule has 1 amide bonds. The number of carbonyl (C=O) groups is 1. The number of nitrogens with zero attached hydrogens (tertiary/aromatic N) is 4. The molecule has 10 heteroatoms. The minimum Gasteiger partial charge on any atom is -0.370 e. The van der Waals surface area contributed by atoms with Crippen molar-refractivity contribution in [2.45, 2.75) is 36.7 Å². The van der Waals surface area contributed by atoms with Crippen LogP contribution < -0.4 is 4.90 Å². The number of benzene rings is 2. The monoisotopic (exact) mass is 486 g/mol. The van der Waals surface area contributed by atoms with Crippen molar-refractivity contribution >= 4 is 21.4 Å². The van der Waals surface area contributed by atoms with Gasteiger partial charge in [-0.3, -0.25) is 4.79 Å². The van der Waals surface area contributed by atoms with Crippen LogP contribution in [0.2, 0.25) is 0 Å². The number of amides is 1. The summed E-state index contributed by atoms with van der Waals surface area (Å²) in [4.78, 5) is 16.9. The predicted octanol–water partition coefficient (Wildman–Crippen LogP) is 3.67. The third-order valence-electron chi connectivity index (χ3n) is 6.35. The predicted molar refractivity (Wildman–Crippen MR) is 123 cm³/mol. The van der Waals surface area contributed by atoms with Gasteiger partial charge in [-0.25, -0.2) is 21.9 Å². The van der Waals surface area contributed by atoms with Gasteiger partial charge >= 0.3 is 0 Å². The van der Waals surface area contributed by atoms with E-state index in [1.54, 1.807) is 20.5 Å². The van der Waals surface area contributed by atoms with Crippen LogP contribution in [-0.2, 0) is 22.9 Å². The van der Waals surface area contributed by atoms with E-state index in [-0.39, 0.29) is 48.8 Å². The highest BCUT2D eigenvalue weighted by Crippen LogP contribution is 2.34. The molecule has 0 atom stereocenters. The first-order chi connectivity index (χ1) is 16.1. The zero-order chi connectivity index (χ0) is 24.1. The number of carbonyl (C=O) groups excluding carboxylic acids is 1. The van der Waals surface area contributed by atoms with Gasteiger partial charge in [-0.15, -0.1) is 0 Å². The van der Waals surface area contributed by atoms with Crippen LogP contribution in [0.4, 0.5) is 14.5 Å². The SMILES string of the molecule is CS(=O)(=O)c1ccc(N2CCC(F)(F)CC2)c(C(=O)N2Cc3cn(-c4ccccc4)nc3C2)c1. The maximum Gasteiger partial charge on any atom is 0.256 e. The molecule has 0 radical (unpaired) electrons. The van der Waals surface area contributed by atoms with E-state index < -0.39 is 15.8 Å². The summed E-state index contributed by atoms with van der Waals surface area (Å²) in [5.41, 5.74) is 3.28. The minimum absolute atomic E-state index is 0.0214. The molecule has 1 saturated heterocycles. The lowest BCUT2D eigenvalue weighted by Gasteiger charge is -2.34. The number of fused-ring (bicyclic) bond motifs is 1. The summed E-state index contributed by atoms with van der Waals surface area (Å²) in [6, 6.07) is 14.0. The average Bonchev–Trinajstić information content (AvgIpc) is 3.38. The highest BCUT2D eigenvalue weighted by molar-refractivity contribution is 7.90. The molecule has 0 aliphatic carbocycles. The Bertz CT molecular complexity index is 1320. The average molecular weight is 487 g/mol. The summed E-state index contributed by atoms with van der Waals surface area (Å²) < 4.78 is 53.5. The van der Waals surface area contributed by atoms with E-state index in [0.29, 0.717) is 12.2 Å². The molecule has 1 aromatic heterocycles. The lowest BCUT2D eigenvalue weighted by molar-refractivity contribution is -0.0220. The van der Waals surface area contributed by atoms with Crippen LogP contribution in [0.5, 0.6) is 0 Å². The molecule has 3 aromatic rings. The number of hydrogen-bond donors (Lipinski definition) is 0. The lowest BCUT2D eigenvalue weighted by atomic mass is 10.0. The first kappa shape index (κ1) is 22.5. The highest BCUT2D eigenvalue weighted by Gasteiger charge is 2.36. The molecular weight excluding hydrogens is 462 g/mol. The molecule has 178 valence electrons. The fraction of sp³-hybridized carbons (Fsp3) is 0.333. The van der Waals surface area contributed by atoms with Crippen LogP contribution in [0, 0.1) is 0 Å². The molecule has 2 aliphatic rings. The van der Waals surface area contributed by atoms with Gasteiger partial charge in [0.1, 0.15) is 0 Å². The number of alkyl halides is 2. The van der Waals surface area contributed by atoms with E-state index in [0.717, 1.165) is 23.2 Å². The normalized spacial score (nSPS) is 17.6. The van der Waals surface area contributed by atoms with Crippen molar-refractivity contribution in [2.24, 2.45) is 0 Å². The number of sulfone groups is 1. The topological polar surface area (TPSA) is 75.5 Å². The van der Waals surface area contributed by atoms with Crippen molar-refractivity contribution in [2.75, 3.05) is 24.2 Å². The molecule has 0 N–H and O–H groups in total. The fourth-order valence-corrected chi connectivity index (χ4v) is 5.09. The number of aromatic nitrogens is 2. The maximum absolute atomic E-state index is 13.7. The molecule has 0 saturated carbocycles. The number of rotatable bonds is 4. The summed E-state index contributed by atoms with van der Waals surface area (Å²) in [6.45, 7) is 0.807. The smallest absolute Gasteiger partial charge is 0.256 e. The van der Waals surface area contributed by atoms with Crippen LogP contribution in [0.25, 0.3) is 5.69 Å². The molecule has 2 aliphatic heterocycles. The second-order valence-corrected chi connectivity index (χ2v) is 10.9. The number of piperidine rings is 1. The Labute approximate surface area is 196 Å². The van der Waals surface area contributed by atoms with Crippen LogP contribution in [0.1, 0.15) is 34.5 Å². The Morgan fingerprint density at radius 3 is 2.38 bits per heavy atom. The number of halogens is 2. The largest absolute Gasteiger partial charge is 0.370 e. The second kappa shape index (κ2) is 8.19. The van der Waals surface area contributed by atoms with Gasteiger partial charge in [-0.05, 0) is 30.3 Å². The van der Waals surface area contributed by atoms with Crippen LogP contribution in [-0.4, -0.2) is 54.3 Å². The summed E-state index contributed by atoms with van der Waals surface area (Å²) in [7, 11) is -3.55. The van der Waals surface area contributed by atoms with Gasteiger partial charge in [0, 0.05) is 56.2 Å². The number of hydrogen-bond acceptors (Lipinski definition) is 5. The van der Waals surface area contributed by atoms with Gasteiger partial charge in [0.05, 0.1) is 28.4 Å². The molecule has 3 heterocycles. The molecule has 1 fully saturated rings. The van der Waals surface area contributed by atoms with Crippen molar-refractivity contribution in [1.29, 1.82) is 0 Å². The lowest BCUT2D eigenvalue weighted by Crippen LogP contribution is -2.40. The van der Waals surface area contributed by atoms with Gasteiger partial charge < -0.3 is 9.80 Å². The Morgan fingerprint density at radius 2 is 1.74 bits per heavy atom. The van der Waals surface area contributed by atoms with E-state index in [1.165, 1.54) is 12.1 Å². The highest BCUT2D eigenvalue weighted by atomic mass is 32.2. The molecule has 5 rings (SSSR count). The molecule has 2 aromatic carbocycles. The Morgan fingerprint density at radius 1 is 1.03 bits per heavy atom. The second-order valence-electron chi connectivity index (χ2n) is 8.84. The molecule has 7 nitrogen and oxygen atoms in total. The first-order valence-corrected chi connectivity index (χ1v) is 12.9. The minimum atomic E-state index is -3.55. The number of anilines is 1. The van der Waals surface area contributed by atoms with Crippen molar-refractivity contribution < 1.29 is 22.0 Å².